The molecule has 0 amide bonds. The lowest BCUT2D eigenvalue weighted by molar-refractivity contribution is 1.28. The maximum atomic E-state index is 5.00. The third-order valence-corrected chi connectivity index (χ3v) is 12.0. The third kappa shape index (κ3) is 5.28. The van der Waals surface area contributed by atoms with Crippen LogP contribution in [0.25, 0.3) is 74.0 Å². The average molecular weight is 687 g/mol. The molecule has 0 N–H and O–H groups in total. The first-order valence-corrected chi connectivity index (χ1v) is 18.8. The highest BCUT2D eigenvalue weighted by molar-refractivity contribution is 7.28. The van der Waals surface area contributed by atoms with E-state index in [1.807, 2.05) is 11.3 Å². The van der Waals surface area contributed by atoms with Gasteiger partial charge in [0.15, 0.2) is 0 Å². The van der Waals surface area contributed by atoms with Gasteiger partial charge in [0.1, 0.15) is 5.01 Å². The molecule has 0 spiro atoms. The minimum absolute atomic E-state index is 1.07. The molecular formula is C47H30N2S2. The fraction of sp³-hybridized carbons (Fsp3) is 0. The van der Waals surface area contributed by atoms with E-state index < -0.39 is 0 Å². The first-order chi connectivity index (χ1) is 25.3. The number of fused-ring (bicyclic) bond motifs is 6. The molecule has 0 aliphatic carbocycles. The first kappa shape index (κ1) is 29.8. The lowest BCUT2D eigenvalue weighted by Gasteiger charge is -2.26. The van der Waals surface area contributed by atoms with E-state index in [0.29, 0.717) is 0 Å². The largest absolute Gasteiger partial charge is 0.311 e. The fourth-order valence-corrected chi connectivity index (χ4v) is 9.57. The second-order valence-corrected chi connectivity index (χ2v) is 14.9. The number of thiazole rings is 1. The van der Waals surface area contributed by atoms with Gasteiger partial charge in [0.05, 0.1) is 10.2 Å². The molecule has 240 valence electrons. The van der Waals surface area contributed by atoms with Crippen LogP contribution in [0.15, 0.2) is 182 Å². The Morgan fingerprint density at radius 2 is 1.06 bits per heavy atom. The van der Waals surface area contributed by atoms with Crippen molar-refractivity contribution in [2.45, 2.75) is 0 Å². The van der Waals surface area contributed by atoms with Gasteiger partial charge in [-0.2, -0.15) is 0 Å². The quantitative estimate of drug-likeness (QED) is 0.173. The van der Waals surface area contributed by atoms with E-state index in [9.17, 15) is 0 Å². The van der Waals surface area contributed by atoms with E-state index in [1.165, 1.54) is 63.5 Å². The molecule has 0 saturated heterocycles. The first-order valence-electron chi connectivity index (χ1n) is 17.1. The second kappa shape index (κ2) is 12.4. The maximum Gasteiger partial charge on any atom is 0.124 e. The number of aromatic nitrogens is 1. The molecule has 2 heterocycles. The molecular weight excluding hydrogens is 657 g/mol. The van der Waals surface area contributed by atoms with Crippen molar-refractivity contribution in [2.75, 3.05) is 4.90 Å². The van der Waals surface area contributed by atoms with Crippen LogP contribution in [-0.2, 0) is 0 Å². The van der Waals surface area contributed by atoms with Crippen molar-refractivity contribution in [1.29, 1.82) is 0 Å². The summed E-state index contributed by atoms with van der Waals surface area (Å²) in [6.07, 6.45) is 0. The van der Waals surface area contributed by atoms with Gasteiger partial charge >= 0.3 is 0 Å². The van der Waals surface area contributed by atoms with Crippen molar-refractivity contribution in [3.05, 3.63) is 182 Å². The van der Waals surface area contributed by atoms with Crippen molar-refractivity contribution in [3.8, 4) is 32.8 Å². The molecule has 0 aliphatic rings. The van der Waals surface area contributed by atoms with Gasteiger partial charge in [-0.3, -0.25) is 0 Å². The zero-order chi connectivity index (χ0) is 33.7. The summed E-state index contributed by atoms with van der Waals surface area (Å²) in [6, 6.07) is 65.5. The van der Waals surface area contributed by atoms with Crippen LogP contribution in [-0.4, -0.2) is 4.98 Å². The van der Waals surface area contributed by atoms with Crippen LogP contribution in [0.4, 0.5) is 17.1 Å². The van der Waals surface area contributed by atoms with Gasteiger partial charge in [-0.15, -0.1) is 22.7 Å². The predicted octanol–water partition coefficient (Wildman–Crippen LogP) is 14.3. The van der Waals surface area contributed by atoms with E-state index in [-0.39, 0.29) is 0 Å². The second-order valence-electron chi connectivity index (χ2n) is 12.8. The zero-order valence-corrected chi connectivity index (χ0v) is 29.2. The van der Waals surface area contributed by atoms with Gasteiger partial charge in [0, 0.05) is 42.8 Å². The standard InChI is InChI=1S/C47H30N2S2/c1-3-11-34(12-4-1)47-48-42-28-29-43-45(46(42)51-47)41-27-22-35(30-44(41)50-43)31-18-23-37(24-19-31)49(36-14-5-2-6-15-36)38-25-20-33(21-26-38)40-17-9-13-32-10-7-8-16-39(32)40/h1-30H. The monoisotopic (exact) mass is 686 g/mol. The van der Waals surface area contributed by atoms with Gasteiger partial charge in [0.25, 0.3) is 0 Å². The summed E-state index contributed by atoms with van der Waals surface area (Å²) in [5.41, 5.74) is 10.5. The summed E-state index contributed by atoms with van der Waals surface area (Å²) in [5.74, 6) is 0. The number of nitrogens with zero attached hydrogens (tertiary/aromatic N) is 2. The van der Waals surface area contributed by atoms with Gasteiger partial charge in [-0.25, -0.2) is 4.98 Å². The van der Waals surface area contributed by atoms with E-state index in [1.54, 1.807) is 11.3 Å². The van der Waals surface area contributed by atoms with Crippen LogP contribution in [0.3, 0.4) is 0 Å². The Hall–Kier alpha value is -6.07. The van der Waals surface area contributed by atoms with E-state index in [0.717, 1.165) is 27.6 Å². The van der Waals surface area contributed by atoms with Crippen LogP contribution >= 0.6 is 22.7 Å². The molecule has 51 heavy (non-hydrogen) atoms. The lowest BCUT2D eigenvalue weighted by atomic mass is 9.98. The maximum absolute atomic E-state index is 5.00. The molecule has 10 aromatic rings. The van der Waals surface area contributed by atoms with E-state index >= 15 is 0 Å². The minimum Gasteiger partial charge on any atom is -0.311 e. The van der Waals surface area contributed by atoms with Crippen LogP contribution in [0, 0.1) is 0 Å². The average Bonchev–Trinajstić information content (AvgIpc) is 3.81. The summed E-state index contributed by atoms with van der Waals surface area (Å²) in [5, 5.41) is 6.21. The van der Waals surface area contributed by atoms with Crippen LogP contribution in [0.2, 0.25) is 0 Å². The molecule has 2 aromatic heterocycles. The molecule has 8 aromatic carbocycles. The molecule has 0 radical (unpaired) electrons. The normalized spacial score (nSPS) is 11.5. The summed E-state index contributed by atoms with van der Waals surface area (Å²) in [7, 11) is 0. The highest BCUT2D eigenvalue weighted by atomic mass is 32.1. The Morgan fingerprint density at radius 1 is 0.412 bits per heavy atom. The third-order valence-electron chi connectivity index (χ3n) is 9.71. The Kier molecular flexibility index (Phi) is 7.23. The molecule has 2 nitrogen and oxygen atoms in total. The zero-order valence-electron chi connectivity index (χ0n) is 27.5. The van der Waals surface area contributed by atoms with Crippen molar-refractivity contribution < 1.29 is 0 Å². The van der Waals surface area contributed by atoms with Gasteiger partial charge in [-0.05, 0) is 87.6 Å². The Bertz CT molecular complexity index is 2830. The number of benzene rings is 8. The number of hydrogen-bond donors (Lipinski definition) is 0. The molecule has 10 rings (SSSR count). The Morgan fingerprint density at radius 3 is 1.84 bits per heavy atom. The Balaban J connectivity index is 0.995. The van der Waals surface area contributed by atoms with Crippen LogP contribution < -0.4 is 4.90 Å². The van der Waals surface area contributed by atoms with Gasteiger partial charge in [-0.1, -0.05) is 127 Å². The molecule has 0 unspecified atom stereocenters. The number of hydrogen-bond acceptors (Lipinski definition) is 4. The highest BCUT2D eigenvalue weighted by Crippen LogP contribution is 2.44. The number of para-hydroxylation sites is 1. The minimum atomic E-state index is 1.07. The molecule has 0 fully saturated rings. The summed E-state index contributed by atoms with van der Waals surface area (Å²) >= 11 is 3.65. The summed E-state index contributed by atoms with van der Waals surface area (Å²) in [6.45, 7) is 0. The molecule has 0 saturated carbocycles. The van der Waals surface area contributed by atoms with Crippen molar-refractivity contribution in [2.24, 2.45) is 0 Å². The van der Waals surface area contributed by atoms with E-state index in [4.69, 9.17) is 4.98 Å². The topological polar surface area (TPSA) is 16.1 Å². The van der Waals surface area contributed by atoms with Crippen molar-refractivity contribution in [1.82, 2.24) is 4.98 Å². The van der Waals surface area contributed by atoms with Crippen molar-refractivity contribution in [3.63, 3.8) is 0 Å². The number of anilines is 3. The molecule has 4 heteroatoms. The number of thiophene rings is 1. The summed E-state index contributed by atoms with van der Waals surface area (Å²) in [4.78, 5) is 7.33. The van der Waals surface area contributed by atoms with Crippen LogP contribution in [0.5, 0.6) is 0 Å². The number of rotatable bonds is 6. The highest BCUT2D eigenvalue weighted by Gasteiger charge is 2.16. The molecule has 0 aliphatic heterocycles. The van der Waals surface area contributed by atoms with Gasteiger partial charge < -0.3 is 4.90 Å². The summed E-state index contributed by atoms with van der Waals surface area (Å²) < 4.78 is 3.87. The molecule has 0 atom stereocenters. The van der Waals surface area contributed by atoms with Crippen LogP contribution in [0.1, 0.15) is 0 Å². The smallest absolute Gasteiger partial charge is 0.124 e. The SMILES string of the molecule is c1ccc(-c2nc3ccc4sc5cc(-c6ccc(N(c7ccccc7)c7ccc(-c8cccc9ccccc89)cc7)cc6)ccc5c4c3s2)cc1. The Labute approximate surface area is 304 Å². The van der Waals surface area contributed by atoms with Crippen molar-refractivity contribution >= 4 is 80.9 Å². The predicted molar refractivity (Wildman–Crippen MR) is 221 cm³/mol. The lowest BCUT2D eigenvalue weighted by Crippen LogP contribution is -2.09. The molecule has 0 bridgehead atoms. The van der Waals surface area contributed by atoms with Gasteiger partial charge in [0.2, 0.25) is 0 Å². The fourth-order valence-electron chi connectivity index (χ4n) is 7.22. The van der Waals surface area contributed by atoms with E-state index in [2.05, 4.69) is 187 Å².